The predicted molar refractivity (Wildman–Crippen MR) is 119 cm³/mol. The van der Waals surface area contributed by atoms with Gasteiger partial charge in [0.25, 0.3) is 0 Å². The van der Waals surface area contributed by atoms with Crippen molar-refractivity contribution >= 4 is 35.4 Å². The predicted octanol–water partition coefficient (Wildman–Crippen LogP) is 3.22. The zero-order valence-corrected chi connectivity index (χ0v) is 19.3. The molecule has 0 unspecified atom stereocenters. The summed E-state index contributed by atoms with van der Waals surface area (Å²) in [6.45, 7) is 4.78. The first kappa shape index (κ1) is 23.6. The molecular formula is C23H26N2O6S. The highest BCUT2D eigenvalue weighted by atomic mass is 32.2. The zero-order valence-electron chi connectivity index (χ0n) is 18.4. The number of carbonyl (C=O) groups excluding carboxylic acids is 4. The molecule has 1 amide bonds. The number of H-pyrrole nitrogens is 1. The number of ketones is 1. The number of amides is 1. The van der Waals surface area contributed by atoms with Gasteiger partial charge in [0.2, 0.25) is 11.7 Å². The summed E-state index contributed by atoms with van der Waals surface area (Å²) in [7, 11) is 1.27. The monoisotopic (exact) mass is 458 g/mol. The molecule has 0 bridgehead atoms. The van der Waals surface area contributed by atoms with E-state index in [-0.39, 0.29) is 29.0 Å². The molecule has 1 fully saturated rings. The number of hydrogen-bond acceptors (Lipinski definition) is 7. The highest BCUT2D eigenvalue weighted by Gasteiger charge is 2.28. The van der Waals surface area contributed by atoms with Crippen LogP contribution < -0.4 is 5.32 Å². The summed E-state index contributed by atoms with van der Waals surface area (Å²) in [6.07, 6.45) is 0.930. The number of nitrogens with one attached hydrogen (secondary N) is 2. The Bertz CT molecular complexity index is 1060. The van der Waals surface area contributed by atoms with E-state index in [9.17, 15) is 19.2 Å². The van der Waals surface area contributed by atoms with Gasteiger partial charge in [-0.1, -0.05) is 12.1 Å². The summed E-state index contributed by atoms with van der Waals surface area (Å²) in [5.41, 5.74) is 1.72. The Labute approximate surface area is 190 Å². The number of hydrogen-bond donors (Lipinski definition) is 2. The van der Waals surface area contributed by atoms with Crippen molar-refractivity contribution in [3.05, 3.63) is 52.3 Å². The van der Waals surface area contributed by atoms with E-state index in [4.69, 9.17) is 9.47 Å². The molecule has 1 aromatic carbocycles. The molecule has 2 aromatic rings. The van der Waals surface area contributed by atoms with Gasteiger partial charge in [0.05, 0.1) is 29.7 Å². The van der Waals surface area contributed by atoms with Crippen LogP contribution in [0.5, 0.6) is 0 Å². The molecule has 1 heterocycles. The fraction of sp³-hybridized carbons (Fsp3) is 0.391. The Morgan fingerprint density at radius 1 is 1.16 bits per heavy atom. The molecular weight excluding hydrogens is 432 g/mol. The van der Waals surface area contributed by atoms with E-state index < -0.39 is 23.8 Å². The van der Waals surface area contributed by atoms with E-state index in [2.05, 4.69) is 10.3 Å². The van der Waals surface area contributed by atoms with E-state index in [1.54, 1.807) is 38.1 Å². The van der Waals surface area contributed by atoms with Crippen LogP contribution in [0.4, 0.5) is 0 Å². The first-order valence-corrected chi connectivity index (χ1v) is 11.2. The summed E-state index contributed by atoms with van der Waals surface area (Å²) < 4.78 is 10.2. The molecule has 8 nitrogen and oxygen atoms in total. The summed E-state index contributed by atoms with van der Waals surface area (Å²) in [4.78, 5) is 53.1. The lowest BCUT2D eigenvalue weighted by molar-refractivity contribution is -0.118. The van der Waals surface area contributed by atoms with Crippen LogP contribution in [-0.2, 0) is 14.3 Å². The lowest BCUT2D eigenvalue weighted by Crippen LogP contribution is -2.27. The molecule has 170 valence electrons. The molecule has 0 radical (unpaired) electrons. The van der Waals surface area contributed by atoms with Crippen LogP contribution in [0.25, 0.3) is 0 Å². The lowest BCUT2D eigenvalue weighted by atomic mass is 10.1. The number of esters is 2. The molecule has 0 saturated heterocycles. The van der Waals surface area contributed by atoms with Crippen LogP contribution in [0.3, 0.4) is 0 Å². The van der Waals surface area contributed by atoms with Gasteiger partial charge in [-0.3, -0.25) is 9.59 Å². The van der Waals surface area contributed by atoms with Crippen molar-refractivity contribution in [2.24, 2.45) is 0 Å². The van der Waals surface area contributed by atoms with Crippen LogP contribution in [0.15, 0.2) is 29.2 Å². The van der Waals surface area contributed by atoms with E-state index in [1.807, 2.05) is 0 Å². The minimum Gasteiger partial charge on any atom is -0.465 e. The maximum atomic E-state index is 12.9. The van der Waals surface area contributed by atoms with E-state index in [0.29, 0.717) is 21.7 Å². The molecule has 1 saturated carbocycles. The van der Waals surface area contributed by atoms with E-state index in [1.165, 1.54) is 25.8 Å². The van der Waals surface area contributed by atoms with Crippen molar-refractivity contribution < 1.29 is 28.7 Å². The molecule has 2 N–H and O–H groups in total. The average Bonchev–Trinajstić information content (AvgIpc) is 3.53. The summed E-state index contributed by atoms with van der Waals surface area (Å²) in [5.74, 6) is -1.56. The van der Waals surface area contributed by atoms with Crippen LogP contribution in [0.1, 0.15) is 62.2 Å². The Kier molecular flexibility index (Phi) is 7.40. The second-order valence-electron chi connectivity index (χ2n) is 7.65. The number of thioether (sulfide) groups is 1. The molecule has 0 aliphatic heterocycles. The first-order chi connectivity index (χ1) is 15.2. The molecule has 1 aromatic heterocycles. The highest BCUT2D eigenvalue weighted by Crippen LogP contribution is 2.26. The standard InChI is InChI=1S/C23H26N2O6S/c1-12-19(23(29)30-4)13(2)24-20(12)21(27)14(3)31-22(28)16-7-5-6-8-17(16)32-11-18(26)25-15-9-10-15/h5-8,14-15,24H,9-11H2,1-4H3,(H,25,26)/t14-/m0/s1. The third-order valence-corrected chi connectivity index (χ3v) is 6.21. The molecule has 3 rings (SSSR count). The number of aryl methyl sites for hydroxylation is 1. The van der Waals surface area contributed by atoms with E-state index >= 15 is 0 Å². The van der Waals surface area contributed by atoms with Crippen molar-refractivity contribution in [3.63, 3.8) is 0 Å². The van der Waals surface area contributed by atoms with Gasteiger partial charge in [-0.2, -0.15) is 0 Å². The number of aromatic nitrogens is 1. The van der Waals surface area contributed by atoms with E-state index in [0.717, 1.165) is 12.8 Å². The minimum absolute atomic E-state index is 0.0804. The second kappa shape index (κ2) is 10.0. The Hall–Kier alpha value is -3.07. The van der Waals surface area contributed by atoms with Crippen molar-refractivity contribution in [1.29, 1.82) is 0 Å². The fourth-order valence-electron chi connectivity index (χ4n) is 3.29. The zero-order chi connectivity index (χ0) is 23.4. The normalized spacial score (nSPS) is 13.9. The molecule has 1 aliphatic carbocycles. The van der Waals surface area contributed by atoms with Gasteiger partial charge in [0.15, 0.2) is 6.10 Å². The Balaban J connectivity index is 1.68. The highest BCUT2D eigenvalue weighted by molar-refractivity contribution is 8.00. The Morgan fingerprint density at radius 3 is 2.50 bits per heavy atom. The number of Topliss-reactive ketones (excluding diaryl/α,β-unsaturated/α-hetero) is 1. The third kappa shape index (κ3) is 5.40. The summed E-state index contributed by atoms with van der Waals surface area (Å²) in [6, 6.07) is 7.07. The summed E-state index contributed by atoms with van der Waals surface area (Å²) in [5, 5.41) is 2.91. The van der Waals surface area contributed by atoms with Gasteiger partial charge in [0.1, 0.15) is 0 Å². The first-order valence-electron chi connectivity index (χ1n) is 10.3. The van der Waals surface area contributed by atoms with Crippen LogP contribution in [-0.4, -0.2) is 53.6 Å². The van der Waals surface area contributed by atoms with Crippen molar-refractivity contribution in [2.45, 2.75) is 50.7 Å². The van der Waals surface area contributed by atoms with Gasteiger partial charge in [-0.05, 0) is 51.3 Å². The molecule has 1 aliphatic rings. The Morgan fingerprint density at radius 2 is 1.84 bits per heavy atom. The number of benzene rings is 1. The third-order valence-electron chi connectivity index (χ3n) is 5.13. The van der Waals surface area contributed by atoms with Crippen LogP contribution >= 0.6 is 11.8 Å². The van der Waals surface area contributed by atoms with Crippen molar-refractivity contribution in [2.75, 3.05) is 12.9 Å². The number of rotatable bonds is 9. The number of ether oxygens (including phenoxy) is 2. The van der Waals surface area contributed by atoms with Crippen molar-refractivity contribution in [1.82, 2.24) is 10.3 Å². The average molecular weight is 459 g/mol. The van der Waals surface area contributed by atoms with Gasteiger partial charge in [-0.15, -0.1) is 11.8 Å². The number of methoxy groups -OCH3 is 1. The van der Waals surface area contributed by atoms with Gasteiger partial charge < -0.3 is 19.8 Å². The van der Waals surface area contributed by atoms with Gasteiger partial charge in [-0.25, -0.2) is 9.59 Å². The van der Waals surface area contributed by atoms with Crippen molar-refractivity contribution in [3.8, 4) is 0 Å². The maximum Gasteiger partial charge on any atom is 0.339 e. The molecule has 1 atom stereocenters. The van der Waals surface area contributed by atoms with Gasteiger partial charge >= 0.3 is 11.9 Å². The summed E-state index contributed by atoms with van der Waals surface area (Å²) >= 11 is 1.24. The molecule has 0 spiro atoms. The lowest BCUT2D eigenvalue weighted by Gasteiger charge is -2.14. The smallest absolute Gasteiger partial charge is 0.339 e. The second-order valence-corrected chi connectivity index (χ2v) is 8.67. The number of carbonyl (C=O) groups is 4. The van der Waals surface area contributed by atoms with Gasteiger partial charge in [0, 0.05) is 16.6 Å². The maximum absolute atomic E-state index is 12.9. The van der Waals surface area contributed by atoms with Crippen LogP contribution in [0.2, 0.25) is 0 Å². The SMILES string of the molecule is COC(=O)c1c(C)[nH]c(C(=O)[C@H](C)OC(=O)c2ccccc2SCC(=O)NC2CC2)c1C. The molecule has 9 heteroatoms. The minimum atomic E-state index is -1.08. The quantitative estimate of drug-likeness (QED) is 0.337. The molecule has 32 heavy (non-hydrogen) atoms. The largest absolute Gasteiger partial charge is 0.465 e. The number of aromatic amines is 1. The fourth-order valence-corrected chi connectivity index (χ4v) is 4.14. The topological polar surface area (TPSA) is 115 Å². The van der Waals surface area contributed by atoms with Crippen LogP contribution in [0, 0.1) is 13.8 Å².